The monoisotopic (exact) mass is 547 g/mol. The predicted molar refractivity (Wildman–Crippen MR) is 138 cm³/mol. The van der Waals surface area contributed by atoms with Crippen molar-refractivity contribution in [1.29, 1.82) is 0 Å². The molecule has 2 heterocycles. The maximum absolute atomic E-state index is 15.7. The fraction of sp³-hybridized carbons (Fsp3) is 0.444. The van der Waals surface area contributed by atoms with E-state index in [1.54, 1.807) is 30.3 Å². The summed E-state index contributed by atoms with van der Waals surface area (Å²) in [5.74, 6) is -3.78. The van der Waals surface area contributed by atoms with Crippen LogP contribution in [0.15, 0.2) is 36.4 Å². The Morgan fingerprint density at radius 3 is 2.62 bits per heavy atom. The number of nitrogens with one attached hydrogen (secondary N) is 3. The summed E-state index contributed by atoms with van der Waals surface area (Å²) in [6, 6.07) is 8.43. The van der Waals surface area contributed by atoms with Crippen molar-refractivity contribution < 1.29 is 23.9 Å². The van der Waals surface area contributed by atoms with E-state index in [-0.39, 0.29) is 22.5 Å². The van der Waals surface area contributed by atoms with Gasteiger partial charge >= 0.3 is 5.97 Å². The van der Waals surface area contributed by atoms with Crippen LogP contribution in [0.25, 0.3) is 0 Å². The van der Waals surface area contributed by atoms with Crippen molar-refractivity contribution >= 4 is 46.7 Å². The fourth-order valence-corrected chi connectivity index (χ4v) is 7.04. The molecule has 1 aliphatic carbocycles. The van der Waals surface area contributed by atoms with Crippen molar-refractivity contribution in [3.05, 3.63) is 63.4 Å². The van der Waals surface area contributed by atoms with Gasteiger partial charge in [0.05, 0.1) is 17.0 Å². The highest BCUT2D eigenvalue weighted by Crippen LogP contribution is 2.60. The number of hydrogen-bond acceptors (Lipinski definition) is 4. The van der Waals surface area contributed by atoms with E-state index in [4.69, 9.17) is 23.2 Å². The first-order valence-corrected chi connectivity index (χ1v) is 13.1. The molecule has 4 N–H and O–H groups in total. The predicted octanol–water partition coefficient (Wildman–Crippen LogP) is 4.62. The fourth-order valence-electron chi connectivity index (χ4n) is 6.69. The van der Waals surface area contributed by atoms with Crippen molar-refractivity contribution in [2.24, 2.45) is 5.92 Å². The number of amides is 2. The topological polar surface area (TPSA) is 108 Å². The van der Waals surface area contributed by atoms with Gasteiger partial charge in [-0.3, -0.25) is 19.7 Å². The lowest BCUT2D eigenvalue weighted by Gasteiger charge is -2.42. The molecule has 1 spiro atoms. The van der Waals surface area contributed by atoms with Crippen molar-refractivity contribution in [2.45, 2.75) is 68.5 Å². The molecule has 5 rings (SSSR count). The third kappa shape index (κ3) is 3.83. The molecule has 2 aromatic carbocycles. The van der Waals surface area contributed by atoms with Gasteiger partial charge in [-0.25, -0.2) is 4.39 Å². The van der Waals surface area contributed by atoms with E-state index in [1.807, 2.05) is 13.8 Å². The van der Waals surface area contributed by atoms with Crippen LogP contribution in [0, 0.1) is 11.7 Å². The molecule has 1 unspecified atom stereocenters. The van der Waals surface area contributed by atoms with Crippen LogP contribution in [0.3, 0.4) is 0 Å². The molecule has 3 aliphatic rings. The lowest BCUT2D eigenvalue weighted by atomic mass is 9.58. The van der Waals surface area contributed by atoms with E-state index in [9.17, 15) is 19.5 Å². The van der Waals surface area contributed by atoms with E-state index in [2.05, 4.69) is 16.0 Å². The van der Waals surface area contributed by atoms with Crippen LogP contribution >= 0.6 is 23.2 Å². The number of aliphatic carboxylic acids is 1. The Balaban J connectivity index is 1.67. The van der Waals surface area contributed by atoms with Gasteiger partial charge in [-0.1, -0.05) is 54.7 Å². The highest BCUT2D eigenvalue weighted by Gasteiger charge is 2.70. The minimum absolute atomic E-state index is 0.103. The maximum Gasteiger partial charge on any atom is 0.306 e. The van der Waals surface area contributed by atoms with Crippen molar-refractivity contribution in [3.8, 4) is 0 Å². The Kier molecular flexibility index (Phi) is 6.49. The normalized spacial score (nSPS) is 32.1. The Morgan fingerprint density at radius 1 is 1.22 bits per heavy atom. The third-order valence-electron chi connectivity index (χ3n) is 8.34. The van der Waals surface area contributed by atoms with Crippen molar-refractivity contribution in [3.63, 3.8) is 0 Å². The van der Waals surface area contributed by atoms with Gasteiger partial charge in [0.2, 0.25) is 11.8 Å². The maximum atomic E-state index is 15.7. The van der Waals surface area contributed by atoms with Crippen LogP contribution in [0.1, 0.15) is 56.6 Å². The second-order valence-corrected chi connectivity index (χ2v) is 11.3. The van der Waals surface area contributed by atoms with Crippen LogP contribution in [0.5, 0.6) is 0 Å². The number of anilines is 1. The van der Waals surface area contributed by atoms with Gasteiger partial charge in [-0.15, -0.1) is 0 Å². The van der Waals surface area contributed by atoms with Gasteiger partial charge in [-0.05, 0) is 55.5 Å². The molecule has 0 bridgehead atoms. The summed E-state index contributed by atoms with van der Waals surface area (Å²) in [7, 11) is 0. The number of halogens is 3. The molecular formula is C27H28Cl2FN3O4. The smallest absolute Gasteiger partial charge is 0.306 e. The van der Waals surface area contributed by atoms with Gasteiger partial charge in [0.15, 0.2) is 0 Å². The summed E-state index contributed by atoms with van der Waals surface area (Å²) >= 11 is 12.4. The van der Waals surface area contributed by atoms with Crippen LogP contribution in [0.2, 0.25) is 10.0 Å². The van der Waals surface area contributed by atoms with Gasteiger partial charge in [0, 0.05) is 28.2 Å². The number of hydrogen-bond donors (Lipinski definition) is 4. The zero-order valence-corrected chi connectivity index (χ0v) is 21.9. The number of carboxylic acid groups (broad SMARTS) is 1. The largest absolute Gasteiger partial charge is 0.481 e. The van der Waals surface area contributed by atoms with Crippen LogP contribution in [-0.4, -0.2) is 40.5 Å². The summed E-state index contributed by atoms with van der Waals surface area (Å²) in [6.45, 7) is 3.88. The molecule has 1 saturated heterocycles. The molecule has 2 aliphatic heterocycles. The van der Waals surface area contributed by atoms with E-state index in [1.165, 1.54) is 6.07 Å². The molecular weight excluding hydrogens is 520 g/mol. The molecule has 4 atom stereocenters. The second-order valence-electron chi connectivity index (χ2n) is 10.5. The number of carboxylic acids is 1. The number of benzene rings is 2. The molecule has 10 heteroatoms. The molecule has 196 valence electrons. The Bertz CT molecular complexity index is 1300. The zero-order chi connectivity index (χ0) is 26.7. The highest BCUT2D eigenvalue weighted by atomic mass is 35.5. The Morgan fingerprint density at radius 2 is 1.95 bits per heavy atom. The van der Waals surface area contributed by atoms with E-state index >= 15 is 4.39 Å². The van der Waals surface area contributed by atoms with Crippen LogP contribution < -0.4 is 16.0 Å². The summed E-state index contributed by atoms with van der Waals surface area (Å²) in [4.78, 5) is 39.1. The Labute approximate surface area is 224 Å². The van der Waals surface area contributed by atoms with E-state index in [0.29, 0.717) is 42.0 Å². The average molecular weight is 548 g/mol. The minimum Gasteiger partial charge on any atom is -0.481 e. The van der Waals surface area contributed by atoms with Gasteiger partial charge in [-0.2, -0.15) is 0 Å². The second kappa shape index (κ2) is 9.26. The molecule has 0 aromatic heterocycles. The molecule has 37 heavy (non-hydrogen) atoms. The Hall–Kier alpha value is -2.68. The third-order valence-corrected chi connectivity index (χ3v) is 8.87. The average Bonchev–Trinajstić information content (AvgIpc) is 3.24. The first-order valence-electron chi connectivity index (χ1n) is 12.4. The molecule has 2 fully saturated rings. The SMILES string of the molecule is CCCC1(C)N[C@@H](C(=O)NC2CC(C(=O)O)C2)[C@H](c2cccc(Cl)c2F)[C@]12C(=O)Nc1cc(Cl)ccc12. The number of rotatable bonds is 6. The molecule has 2 aromatic rings. The summed E-state index contributed by atoms with van der Waals surface area (Å²) < 4.78 is 15.7. The van der Waals surface area contributed by atoms with Gasteiger partial charge in [0.25, 0.3) is 0 Å². The van der Waals surface area contributed by atoms with Gasteiger partial charge < -0.3 is 15.7 Å². The molecule has 2 amide bonds. The molecule has 0 radical (unpaired) electrons. The highest BCUT2D eigenvalue weighted by molar-refractivity contribution is 6.31. The number of carbonyl (C=O) groups excluding carboxylic acids is 2. The minimum atomic E-state index is -1.35. The quantitative estimate of drug-likeness (QED) is 0.422. The van der Waals surface area contributed by atoms with Crippen LogP contribution in [0.4, 0.5) is 10.1 Å². The first-order chi connectivity index (χ1) is 17.5. The summed E-state index contributed by atoms with van der Waals surface area (Å²) in [5.41, 5.74) is -0.956. The number of fused-ring (bicyclic) bond motifs is 2. The first kappa shape index (κ1) is 25.9. The summed E-state index contributed by atoms with van der Waals surface area (Å²) in [6.07, 6.45) is 1.87. The van der Waals surface area contributed by atoms with E-state index < -0.39 is 46.5 Å². The standard InChI is InChI=1S/C27H28Cl2FN3O4/c1-3-9-26(2)27(17-8-7-14(28)12-19(17)32-25(27)37)20(16-5-4-6-18(29)21(16)30)22(33-26)23(34)31-15-10-13(11-15)24(35)36/h4-8,12-13,15,20,22,33H,3,9-11H2,1-2H3,(H,31,34)(H,32,37)(H,35,36)/t13?,15?,20-,22+,26?,27+/m0/s1. The number of carbonyl (C=O) groups is 3. The van der Waals surface area contributed by atoms with Crippen LogP contribution in [-0.2, 0) is 19.8 Å². The lowest BCUT2D eigenvalue weighted by molar-refractivity contribution is -0.146. The van der Waals surface area contributed by atoms with Crippen molar-refractivity contribution in [1.82, 2.24) is 10.6 Å². The van der Waals surface area contributed by atoms with Crippen molar-refractivity contribution in [2.75, 3.05) is 5.32 Å². The van der Waals surface area contributed by atoms with E-state index in [0.717, 1.165) is 0 Å². The lowest BCUT2D eigenvalue weighted by Crippen LogP contribution is -2.57. The summed E-state index contributed by atoms with van der Waals surface area (Å²) in [5, 5.41) is 18.9. The molecule has 7 nitrogen and oxygen atoms in total. The molecule has 1 saturated carbocycles. The van der Waals surface area contributed by atoms with Gasteiger partial charge in [0.1, 0.15) is 11.2 Å². The zero-order valence-electron chi connectivity index (χ0n) is 20.4.